The Labute approximate surface area is 136 Å². The number of nitrogens with zero attached hydrogens (tertiary/aromatic N) is 5. The Balaban J connectivity index is 1.62. The SMILES string of the molecule is Cc1ccc(N2[C@H]3CC[C@H]2CC(c2ccnn2C)C3)nc1C#N. The second-order valence-electron chi connectivity index (χ2n) is 6.79. The summed E-state index contributed by atoms with van der Waals surface area (Å²) in [5.41, 5.74) is 2.85. The Morgan fingerprint density at radius 2 is 1.91 bits per heavy atom. The molecule has 0 amide bonds. The predicted molar refractivity (Wildman–Crippen MR) is 88.2 cm³/mol. The lowest BCUT2D eigenvalue weighted by Crippen LogP contribution is -2.43. The Hall–Kier alpha value is -2.35. The van der Waals surface area contributed by atoms with Gasteiger partial charge in [-0.25, -0.2) is 4.98 Å². The quantitative estimate of drug-likeness (QED) is 0.856. The molecule has 0 saturated carbocycles. The van der Waals surface area contributed by atoms with Gasteiger partial charge in [0.15, 0.2) is 0 Å². The summed E-state index contributed by atoms with van der Waals surface area (Å²) < 4.78 is 2.01. The van der Waals surface area contributed by atoms with E-state index >= 15 is 0 Å². The van der Waals surface area contributed by atoms with Crippen LogP contribution in [0.3, 0.4) is 0 Å². The lowest BCUT2D eigenvalue weighted by atomic mass is 9.88. The maximum absolute atomic E-state index is 9.25. The summed E-state index contributed by atoms with van der Waals surface area (Å²) >= 11 is 0. The highest BCUT2D eigenvalue weighted by atomic mass is 15.3. The average molecular weight is 307 g/mol. The molecule has 2 fully saturated rings. The van der Waals surface area contributed by atoms with Crippen molar-refractivity contribution in [2.24, 2.45) is 7.05 Å². The van der Waals surface area contributed by atoms with Gasteiger partial charge in [0.2, 0.25) is 0 Å². The summed E-state index contributed by atoms with van der Waals surface area (Å²) in [7, 11) is 2.03. The van der Waals surface area contributed by atoms with Crippen LogP contribution >= 0.6 is 0 Å². The van der Waals surface area contributed by atoms with Gasteiger partial charge in [0.1, 0.15) is 17.6 Å². The van der Waals surface area contributed by atoms with E-state index in [1.807, 2.05) is 30.9 Å². The average Bonchev–Trinajstić information content (AvgIpc) is 3.09. The normalized spacial score (nSPS) is 26.3. The fourth-order valence-corrected chi connectivity index (χ4v) is 4.35. The summed E-state index contributed by atoms with van der Waals surface area (Å²) in [6, 6.07) is 9.51. The van der Waals surface area contributed by atoms with Crippen molar-refractivity contribution in [3.63, 3.8) is 0 Å². The molecule has 0 aromatic carbocycles. The largest absolute Gasteiger partial charge is 0.351 e. The maximum Gasteiger partial charge on any atom is 0.145 e. The van der Waals surface area contributed by atoms with Crippen LogP contribution in [0.1, 0.15) is 48.6 Å². The molecular formula is C18H21N5. The molecule has 2 aromatic rings. The van der Waals surface area contributed by atoms with Crippen molar-refractivity contribution in [2.45, 2.75) is 50.6 Å². The van der Waals surface area contributed by atoms with Crippen molar-refractivity contribution >= 4 is 5.82 Å². The first kappa shape index (κ1) is 14.3. The first-order valence-corrected chi connectivity index (χ1v) is 8.31. The third-order valence-electron chi connectivity index (χ3n) is 5.46. The summed E-state index contributed by atoms with van der Waals surface area (Å²) in [6.07, 6.45) is 6.62. The van der Waals surface area contributed by atoms with Crippen LogP contribution in [0.25, 0.3) is 0 Å². The Bertz CT molecular complexity index is 758. The van der Waals surface area contributed by atoms with Crippen LogP contribution in [0.4, 0.5) is 5.82 Å². The van der Waals surface area contributed by atoms with E-state index in [0.717, 1.165) is 24.2 Å². The number of aromatic nitrogens is 3. The summed E-state index contributed by atoms with van der Waals surface area (Å²) in [5, 5.41) is 13.6. The number of piperidine rings is 1. The van der Waals surface area contributed by atoms with Gasteiger partial charge >= 0.3 is 0 Å². The van der Waals surface area contributed by atoms with Gasteiger partial charge < -0.3 is 4.90 Å². The van der Waals surface area contributed by atoms with E-state index < -0.39 is 0 Å². The number of hydrogen-bond acceptors (Lipinski definition) is 4. The van der Waals surface area contributed by atoms with Crippen molar-refractivity contribution in [2.75, 3.05) is 4.90 Å². The number of pyridine rings is 1. The highest BCUT2D eigenvalue weighted by molar-refractivity contribution is 5.48. The lowest BCUT2D eigenvalue weighted by molar-refractivity contribution is 0.398. The monoisotopic (exact) mass is 307 g/mol. The number of hydrogen-bond donors (Lipinski definition) is 0. The van der Waals surface area contributed by atoms with Gasteiger partial charge in [0.25, 0.3) is 0 Å². The molecule has 0 spiro atoms. The Morgan fingerprint density at radius 3 is 2.52 bits per heavy atom. The van der Waals surface area contributed by atoms with Gasteiger partial charge in [-0.3, -0.25) is 4.68 Å². The van der Waals surface area contributed by atoms with Crippen LogP contribution in [-0.2, 0) is 7.05 Å². The third kappa shape index (κ3) is 2.29. The molecule has 2 aromatic heterocycles. The highest BCUT2D eigenvalue weighted by Gasteiger charge is 2.42. The number of nitriles is 1. The second kappa shape index (κ2) is 5.38. The molecule has 2 aliphatic heterocycles. The molecule has 2 bridgehead atoms. The third-order valence-corrected chi connectivity index (χ3v) is 5.46. The standard InChI is InChI=1S/C18H21N5/c1-12-3-6-18(21-16(12)11-19)23-14-4-5-15(23)10-13(9-14)17-7-8-20-22(17)2/h3,6-8,13-15H,4-5,9-10H2,1-2H3/t14-,15-/m0/s1. The summed E-state index contributed by atoms with van der Waals surface area (Å²) in [6.45, 7) is 1.94. The lowest BCUT2D eigenvalue weighted by Gasteiger charge is -2.40. The minimum atomic E-state index is 0.524. The van der Waals surface area contributed by atoms with Gasteiger partial charge in [-0.15, -0.1) is 0 Å². The summed E-state index contributed by atoms with van der Waals surface area (Å²) in [5.74, 6) is 1.56. The molecule has 4 rings (SSSR count). The fraction of sp³-hybridized carbons (Fsp3) is 0.500. The Kier molecular flexibility index (Phi) is 3.33. The van der Waals surface area contributed by atoms with Crippen LogP contribution in [-0.4, -0.2) is 26.8 Å². The molecule has 0 N–H and O–H groups in total. The van der Waals surface area contributed by atoms with E-state index in [9.17, 15) is 5.26 Å². The number of aryl methyl sites for hydroxylation is 2. The van der Waals surface area contributed by atoms with Crippen molar-refractivity contribution < 1.29 is 0 Å². The molecular weight excluding hydrogens is 286 g/mol. The van der Waals surface area contributed by atoms with Crippen LogP contribution in [0, 0.1) is 18.3 Å². The first-order valence-electron chi connectivity index (χ1n) is 8.31. The molecule has 2 atom stereocenters. The number of fused-ring (bicyclic) bond motifs is 2. The van der Waals surface area contributed by atoms with Gasteiger partial charge in [-0.05, 0) is 50.3 Å². The van der Waals surface area contributed by atoms with Crippen molar-refractivity contribution in [1.29, 1.82) is 5.26 Å². The van der Waals surface area contributed by atoms with Crippen LogP contribution in [0.2, 0.25) is 0 Å². The van der Waals surface area contributed by atoms with E-state index in [4.69, 9.17) is 0 Å². The second-order valence-corrected chi connectivity index (χ2v) is 6.79. The van der Waals surface area contributed by atoms with Crippen LogP contribution in [0.5, 0.6) is 0 Å². The Morgan fingerprint density at radius 1 is 1.17 bits per heavy atom. The zero-order valence-electron chi connectivity index (χ0n) is 13.6. The molecule has 0 aliphatic carbocycles. The molecule has 0 radical (unpaired) electrons. The van der Waals surface area contributed by atoms with Gasteiger partial charge in [-0.1, -0.05) is 6.07 Å². The van der Waals surface area contributed by atoms with E-state index in [-0.39, 0.29) is 0 Å². The number of rotatable bonds is 2. The maximum atomic E-state index is 9.25. The van der Waals surface area contributed by atoms with E-state index in [1.165, 1.54) is 18.5 Å². The first-order chi connectivity index (χ1) is 11.2. The van der Waals surface area contributed by atoms with Gasteiger partial charge in [0.05, 0.1) is 0 Å². The van der Waals surface area contributed by atoms with E-state index in [1.54, 1.807) is 0 Å². The molecule has 2 saturated heterocycles. The molecule has 23 heavy (non-hydrogen) atoms. The fourth-order valence-electron chi connectivity index (χ4n) is 4.35. The molecule has 4 heterocycles. The van der Waals surface area contributed by atoms with Crippen molar-refractivity contribution in [3.8, 4) is 6.07 Å². The summed E-state index contributed by atoms with van der Waals surface area (Å²) in [4.78, 5) is 7.07. The predicted octanol–water partition coefficient (Wildman–Crippen LogP) is 2.91. The molecule has 0 unspecified atom stereocenters. The number of anilines is 1. The van der Waals surface area contributed by atoms with Crippen LogP contribution in [0.15, 0.2) is 24.4 Å². The minimum absolute atomic E-state index is 0.524. The van der Waals surface area contributed by atoms with Gasteiger partial charge in [0, 0.05) is 36.9 Å². The van der Waals surface area contributed by atoms with E-state index in [2.05, 4.69) is 33.2 Å². The molecule has 2 aliphatic rings. The molecule has 118 valence electrons. The van der Waals surface area contributed by atoms with E-state index in [0.29, 0.717) is 23.7 Å². The molecule has 5 heteroatoms. The smallest absolute Gasteiger partial charge is 0.145 e. The highest BCUT2D eigenvalue weighted by Crippen LogP contribution is 2.44. The topological polar surface area (TPSA) is 57.7 Å². The van der Waals surface area contributed by atoms with Crippen LogP contribution < -0.4 is 4.90 Å². The zero-order valence-corrected chi connectivity index (χ0v) is 13.6. The molecule has 5 nitrogen and oxygen atoms in total. The van der Waals surface area contributed by atoms with Crippen molar-refractivity contribution in [1.82, 2.24) is 14.8 Å². The van der Waals surface area contributed by atoms with Gasteiger partial charge in [-0.2, -0.15) is 10.4 Å². The zero-order chi connectivity index (χ0) is 16.0. The van der Waals surface area contributed by atoms with Crippen molar-refractivity contribution in [3.05, 3.63) is 41.3 Å². The minimum Gasteiger partial charge on any atom is -0.351 e.